The van der Waals surface area contributed by atoms with Crippen molar-refractivity contribution < 1.29 is 14.3 Å². The molecule has 1 fully saturated rings. The van der Waals surface area contributed by atoms with Crippen LogP contribution < -0.4 is 0 Å². The van der Waals surface area contributed by atoms with E-state index in [-0.39, 0.29) is 5.56 Å². The highest BCUT2D eigenvalue weighted by molar-refractivity contribution is 8.00. The first-order valence-corrected chi connectivity index (χ1v) is 7.55. The monoisotopic (exact) mass is 283 g/mol. The molecule has 0 aliphatic carbocycles. The van der Waals surface area contributed by atoms with Gasteiger partial charge in [0, 0.05) is 17.0 Å². The van der Waals surface area contributed by atoms with Crippen LogP contribution in [0.5, 0.6) is 0 Å². The van der Waals surface area contributed by atoms with Gasteiger partial charge in [0.2, 0.25) is 0 Å². The Labute approximate surface area is 118 Å². The molecule has 0 amide bonds. The van der Waals surface area contributed by atoms with Gasteiger partial charge in [-0.05, 0) is 26.0 Å². The zero-order chi connectivity index (χ0) is 14.0. The molecule has 0 bridgehead atoms. The maximum Gasteiger partial charge on any atom is 0.339 e. The Bertz CT molecular complexity index is 467. The van der Waals surface area contributed by atoms with Crippen LogP contribution in [0.3, 0.4) is 0 Å². The van der Waals surface area contributed by atoms with Gasteiger partial charge < -0.3 is 9.52 Å². The molecule has 106 valence electrons. The summed E-state index contributed by atoms with van der Waals surface area (Å²) in [5, 5.41) is 9.02. The maximum absolute atomic E-state index is 11.0. The Morgan fingerprint density at radius 2 is 2.26 bits per heavy atom. The van der Waals surface area contributed by atoms with E-state index in [2.05, 4.69) is 18.7 Å². The third kappa shape index (κ3) is 3.76. The van der Waals surface area contributed by atoms with E-state index in [9.17, 15) is 4.79 Å². The fourth-order valence-electron chi connectivity index (χ4n) is 2.27. The second-order valence-corrected chi connectivity index (χ2v) is 7.42. The summed E-state index contributed by atoms with van der Waals surface area (Å²) < 4.78 is 5.88. The maximum atomic E-state index is 11.0. The summed E-state index contributed by atoms with van der Waals surface area (Å²) in [5.41, 5.74) is 0.277. The zero-order valence-corrected chi connectivity index (χ0v) is 12.5. The fraction of sp³-hybridized carbons (Fsp3) is 0.643. The molecule has 1 aliphatic heterocycles. The molecule has 0 saturated carbocycles. The van der Waals surface area contributed by atoms with Crippen molar-refractivity contribution in [3.8, 4) is 0 Å². The third-order valence-electron chi connectivity index (χ3n) is 3.51. The first-order valence-electron chi connectivity index (χ1n) is 6.56. The summed E-state index contributed by atoms with van der Waals surface area (Å²) >= 11 is 2.00. The molecule has 19 heavy (non-hydrogen) atoms. The van der Waals surface area contributed by atoms with Crippen LogP contribution in [0.2, 0.25) is 0 Å². The standard InChI is InChI=1S/C14H21NO3S/c1-10-12(13(16)17)8-11(18-10)9-15-5-4-14(2,3)19-7-6-15/h8H,4-7,9H2,1-3H3,(H,16,17). The largest absolute Gasteiger partial charge is 0.478 e. The van der Waals surface area contributed by atoms with Gasteiger partial charge in [0.05, 0.1) is 6.54 Å². The van der Waals surface area contributed by atoms with Gasteiger partial charge in [-0.1, -0.05) is 13.8 Å². The van der Waals surface area contributed by atoms with Gasteiger partial charge in [-0.2, -0.15) is 11.8 Å². The SMILES string of the molecule is Cc1oc(CN2CCSC(C)(C)CC2)cc1C(=O)O. The Morgan fingerprint density at radius 3 is 2.89 bits per heavy atom. The summed E-state index contributed by atoms with van der Waals surface area (Å²) in [6, 6.07) is 1.65. The lowest BCUT2D eigenvalue weighted by atomic mass is 10.1. The lowest BCUT2D eigenvalue weighted by molar-refractivity contribution is 0.0695. The Kier molecular flexibility index (Phi) is 4.26. The van der Waals surface area contributed by atoms with E-state index in [0.717, 1.165) is 31.0 Å². The Balaban J connectivity index is 2.01. The lowest BCUT2D eigenvalue weighted by Crippen LogP contribution is -2.26. The van der Waals surface area contributed by atoms with Crippen LogP contribution in [-0.2, 0) is 6.54 Å². The van der Waals surface area contributed by atoms with E-state index in [1.54, 1.807) is 13.0 Å². The molecule has 2 heterocycles. The molecule has 4 nitrogen and oxygen atoms in total. The second kappa shape index (κ2) is 5.59. The molecular formula is C14H21NO3S. The summed E-state index contributed by atoms with van der Waals surface area (Å²) in [7, 11) is 0. The van der Waals surface area contributed by atoms with Crippen LogP contribution in [0, 0.1) is 6.92 Å². The van der Waals surface area contributed by atoms with Crippen molar-refractivity contribution in [1.29, 1.82) is 0 Å². The molecule has 1 saturated heterocycles. The molecule has 1 aromatic heterocycles. The average Bonchev–Trinajstić information content (AvgIpc) is 2.57. The molecule has 1 N–H and O–H groups in total. The summed E-state index contributed by atoms with van der Waals surface area (Å²) in [5.74, 6) is 1.44. The van der Waals surface area contributed by atoms with Crippen molar-refractivity contribution in [2.75, 3.05) is 18.8 Å². The quantitative estimate of drug-likeness (QED) is 0.924. The van der Waals surface area contributed by atoms with Crippen LogP contribution in [0.4, 0.5) is 0 Å². The van der Waals surface area contributed by atoms with Crippen LogP contribution >= 0.6 is 11.8 Å². The second-order valence-electron chi connectivity index (χ2n) is 5.62. The number of nitrogens with zero attached hydrogens (tertiary/aromatic N) is 1. The van der Waals surface area contributed by atoms with E-state index < -0.39 is 5.97 Å². The molecule has 2 rings (SSSR count). The number of hydrogen-bond donors (Lipinski definition) is 1. The average molecular weight is 283 g/mol. The highest BCUT2D eigenvalue weighted by atomic mass is 32.2. The predicted octanol–water partition coefficient (Wildman–Crippen LogP) is 3.00. The molecule has 1 aromatic rings. The van der Waals surface area contributed by atoms with Crippen LogP contribution in [0.15, 0.2) is 10.5 Å². The number of hydrogen-bond acceptors (Lipinski definition) is 4. The van der Waals surface area contributed by atoms with Crippen molar-refractivity contribution in [2.24, 2.45) is 0 Å². The van der Waals surface area contributed by atoms with Gasteiger partial charge in [-0.15, -0.1) is 0 Å². The van der Waals surface area contributed by atoms with E-state index in [0.29, 0.717) is 17.1 Å². The van der Waals surface area contributed by atoms with Gasteiger partial charge in [-0.25, -0.2) is 4.79 Å². The number of furan rings is 1. The number of carboxylic acid groups (broad SMARTS) is 1. The van der Waals surface area contributed by atoms with Crippen molar-refractivity contribution in [3.05, 3.63) is 23.2 Å². The number of rotatable bonds is 3. The summed E-state index contributed by atoms with van der Waals surface area (Å²) in [6.45, 7) is 9.01. The zero-order valence-electron chi connectivity index (χ0n) is 11.7. The number of thioether (sulfide) groups is 1. The topological polar surface area (TPSA) is 53.7 Å². The van der Waals surface area contributed by atoms with Crippen LogP contribution in [-0.4, -0.2) is 39.6 Å². The van der Waals surface area contributed by atoms with Crippen molar-refractivity contribution >= 4 is 17.7 Å². The molecule has 0 aromatic carbocycles. The van der Waals surface area contributed by atoms with Gasteiger partial charge >= 0.3 is 5.97 Å². The lowest BCUT2D eigenvalue weighted by Gasteiger charge is -2.22. The smallest absolute Gasteiger partial charge is 0.339 e. The minimum atomic E-state index is -0.917. The van der Waals surface area contributed by atoms with Crippen LogP contribution in [0.25, 0.3) is 0 Å². The van der Waals surface area contributed by atoms with E-state index in [1.165, 1.54) is 0 Å². The number of carbonyl (C=O) groups is 1. The summed E-state index contributed by atoms with van der Waals surface area (Å²) in [4.78, 5) is 13.3. The predicted molar refractivity (Wildman–Crippen MR) is 76.8 cm³/mol. The molecular weight excluding hydrogens is 262 g/mol. The Hall–Kier alpha value is -0.940. The third-order valence-corrected chi connectivity index (χ3v) is 4.88. The molecule has 0 atom stereocenters. The van der Waals surface area contributed by atoms with Gasteiger partial charge in [0.15, 0.2) is 0 Å². The highest BCUT2D eigenvalue weighted by Crippen LogP contribution is 2.31. The normalized spacial score (nSPS) is 20.2. The Morgan fingerprint density at radius 1 is 1.53 bits per heavy atom. The summed E-state index contributed by atoms with van der Waals surface area (Å²) in [6.07, 6.45) is 1.14. The molecule has 0 radical (unpaired) electrons. The van der Waals surface area contributed by atoms with Gasteiger partial charge in [0.25, 0.3) is 0 Å². The molecule has 0 unspecified atom stereocenters. The van der Waals surface area contributed by atoms with Crippen molar-refractivity contribution in [2.45, 2.75) is 38.5 Å². The minimum absolute atomic E-state index is 0.277. The highest BCUT2D eigenvalue weighted by Gasteiger charge is 2.24. The molecule has 5 heteroatoms. The van der Waals surface area contributed by atoms with E-state index in [4.69, 9.17) is 9.52 Å². The minimum Gasteiger partial charge on any atom is -0.478 e. The van der Waals surface area contributed by atoms with E-state index in [1.807, 2.05) is 11.8 Å². The number of aryl methyl sites for hydroxylation is 1. The van der Waals surface area contributed by atoms with Crippen molar-refractivity contribution in [3.63, 3.8) is 0 Å². The first-order chi connectivity index (χ1) is 8.87. The van der Waals surface area contributed by atoms with E-state index >= 15 is 0 Å². The fourth-order valence-corrected chi connectivity index (χ4v) is 3.41. The van der Waals surface area contributed by atoms with Crippen molar-refractivity contribution in [1.82, 2.24) is 4.90 Å². The van der Waals surface area contributed by atoms with Gasteiger partial charge in [-0.3, -0.25) is 4.90 Å². The number of aromatic carboxylic acids is 1. The van der Waals surface area contributed by atoms with Crippen LogP contribution in [0.1, 0.15) is 42.1 Å². The van der Waals surface area contributed by atoms with Gasteiger partial charge in [0.1, 0.15) is 17.1 Å². The molecule has 1 aliphatic rings. The first kappa shape index (κ1) is 14.5. The molecule has 0 spiro atoms. The number of carboxylic acids is 1.